The average Bonchev–Trinajstić information content (AvgIpc) is 2.35. The van der Waals surface area contributed by atoms with Gasteiger partial charge in [0.05, 0.1) is 18.2 Å². The van der Waals surface area contributed by atoms with Crippen LogP contribution < -0.4 is 16.0 Å². The third-order valence-corrected chi connectivity index (χ3v) is 3.12. The van der Waals surface area contributed by atoms with Crippen molar-refractivity contribution in [1.82, 2.24) is 5.32 Å². The summed E-state index contributed by atoms with van der Waals surface area (Å²) in [5.74, 6) is 0. The van der Waals surface area contributed by atoms with Crippen molar-refractivity contribution in [2.45, 2.75) is 25.5 Å². The van der Waals surface area contributed by atoms with E-state index >= 15 is 0 Å². The van der Waals surface area contributed by atoms with Gasteiger partial charge in [0, 0.05) is 23.5 Å². The highest BCUT2D eigenvalue weighted by atomic mass is 16.3. The molecule has 1 aromatic rings. The molecule has 19 heavy (non-hydrogen) atoms. The molecule has 2 rings (SSSR count). The van der Waals surface area contributed by atoms with Crippen LogP contribution in [0, 0.1) is 0 Å². The lowest BCUT2D eigenvalue weighted by Crippen LogP contribution is -2.47. The van der Waals surface area contributed by atoms with E-state index in [4.69, 9.17) is 5.11 Å². The van der Waals surface area contributed by atoms with E-state index in [1.54, 1.807) is 0 Å². The topological polar surface area (TPSA) is 93.6 Å². The molecule has 0 radical (unpaired) electrons. The third-order valence-electron chi connectivity index (χ3n) is 3.12. The Morgan fingerprint density at radius 2 is 2.16 bits per heavy atom. The van der Waals surface area contributed by atoms with Crippen molar-refractivity contribution >= 4 is 17.4 Å². The van der Waals surface area contributed by atoms with Crippen LogP contribution in [-0.2, 0) is 5.54 Å². The summed E-state index contributed by atoms with van der Waals surface area (Å²) in [5.41, 5.74) is 2.13. The molecule has 1 heterocycles. The predicted molar refractivity (Wildman–Crippen MR) is 73.2 cm³/mol. The second-order valence-corrected chi connectivity index (χ2v) is 5.18. The second-order valence-electron chi connectivity index (χ2n) is 5.18. The lowest BCUT2D eigenvalue weighted by atomic mass is 9.90. The van der Waals surface area contributed by atoms with E-state index in [1.165, 1.54) is 0 Å². The van der Waals surface area contributed by atoms with E-state index in [1.807, 2.05) is 32.0 Å². The molecule has 1 atom stereocenters. The van der Waals surface area contributed by atoms with E-state index in [0.717, 1.165) is 16.9 Å². The molecule has 0 aromatic heterocycles. The number of carbonyl (C=O) groups is 1. The number of benzene rings is 1. The number of aliphatic hydroxyl groups excluding tert-OH is 2. The quantitative estimate of drug-likeness (QED) is 0.557. The molecule has 1 unspecified atom stereocenters. The van der Waals surface area contributed by atoms with Crippen LogP contribution >= 0.6 is 0 Å². The molecule has 1 aliphatic rings. The maximum Gasteiger partial charge on any atom is 0.319 e. The van der Waals surface area contributed by atoms with Crippen LogP contribution in [-0.4, -0.2) is 35.5 Å². The summed E-state index contributed by atoms with van der Waals surface area (Å²) in [5, 5.41) is 26.7. The number of hydrogen-bond acceptors (Lipinski definition) is 4. The van der Waals surface area contributed by atoms with Crippen LogP contribution in [0.5, 0.6) is 0 Å². The minimum atomic E-state index is -0.790. The third kappa shape index (κ3) is 2.97. The van der Waals surface area contributed by atoms with Gasteiger partial charge in [-0.15, -0.1) is 0 Å². The average molecular weight is 265 g/mol. The van der Waals surface area contributed by atoms with Gasteiger partial charge in [-0.25, -0.2) is 4.79 Å². The van der Waals surface area contributed by atoms with Gasteiger partial charge >= 0.3 is 6.03 Å². The number of rotatable bonds is 4. The fraction of sp³-hybridized carbons (Fsp3) is 0.462. The zero-order valence-electron chi connectivity index (χ0n) is 11.0. The minimum absolute atomic E-state index is 0.214. The van der Waals surface area contributed by atoms with Crippen LogP contribution in [0.1, 0.15) is 19.4 Å². The summed E-state index contributed by atoms with van der Waals surface area (Å²) >= 11 is 0. The number of nitrogens with one attached hydrogen (secondary N) is 3. The van der Waals surface area contributed by atoms with E-state index in [2.05, 4.69) is 16.0 Å². The van der Waals surface area contributed by atoms with Gasteiger partial charge in [-0.1, -0.05) is 0 Å². The molecule has 0 spiro atoms. The highest BCUT2D eigenvalue weighted by Gasteiger charge is 2.30. The Kier molecular flexibility index (Phi) is 3.64. The number of anilines is 2. The SMILES string of the molecule is CC1(C)NC(=O)Nc2ccc(NCC(O)CO)cc21. The monoisotopic (exact) mass is 265 g/mol. The standard InChI is InChI=1S/C13H19N3O3/c1-13(2)10-5-8(14-6-9(18)7-17)3-4-11(10)15-12(19)16-13/h3-5,9,14,17-18H,6-7H2,1-2H3,(H2,15,16,19). The van der Waals surface area contributed by atoms with Gasteiger partial charge < -0.3 is 26.2 Å². The van der Waals surface area contributed by atoms with Crippen LogP contribution in [0.4, 0.5) is 16.2 Å². The van der Waals surface area contributed by atoms with E-state index in [-0.39, 0.29) is 19.2 Å². The molecule has 0 fully saturated rings. The van der Waals surface area contributed by atoms with Crippen molar-refractivity contribution in [3.05, 3.63) is 23.8 Å². The molecule has 1 aromatic carbocycles. The highest BCUT2D eigenvalue weighted by molar-refractivity contribution is 5.94. The summed E-state index contributed by atoms with van der Waals surface area (Å²) in [6.07, 6.45) is -0.790. The van der Waals surface area contributed by atoms with Crippen molar-refractivity contribution < 1.29 is 15.0 Å². The minimum Gasteiger partial charge on any atom is -0.394 e. The first-order chi connectivity index (χ1) is 8.92. The summed E-state index contributed by atoms with van der Waals surface area (Å²) in [6, 6.07) is 5.36. The highest BCUT2D eigenvalue weighted by Crippen LogP contribution is 2.33. The summed E-state index contributed by atoms with van der Waals surface area (Å²) in [4.78, 5) is 11.5. The Morgan fingerprint density at radius 1 is 1.42 bits per heavy atom. The smallest absolute Gasteiger partial charge is 0.319 e. The Bertz CT molecular complexity index is 488. The van der Waals surface area contributed by atoms with Crippen molar-refractivity contribution in [3.8, 4) is 0 Å². The molecule has 0 saturated carbocycles. The van der Waals surface area contributed by atoms with Crippen molar-refractivity contribution in [2.24, 2.45) is 0 Å². The van der Waals surface area contributed by atoms with Gasteiger partial charge in [-0.05, 0) is 32.0 Å². The van der Waals surface area contributed by atoms with Gasteiger partial charge in [0.2, 0.25) is 0 Å². The molecular weight excluding hydrogens is 246 g/mol. The number of urea groups is 1. The Morgan fingerprint density at radius 3 is 2.84 bits per heavy atom. The van der Waals surface area contributed by atoms with Gasteiger partial charge in [0.1, 0.15) is 0 Å². The van der Waals surface area contributed by atoms with Gasteiger partial charge in [-0.2, -0.15) is 0 Å². The molecule has 2 amide bonds. The summed E-state index contributed by atoms with van der Waals surface area (Å²) in [6.45, 7) is 3.85. The van der Waals surface area contributed by atoms with Crippen LogP contribution in [0.25, 0.3) is 0 Å². The fourth-order valence-corrected chi connectivity index (χ4v) is 2.09. The largest absolute Gasteiger partial charge is 0.394 e. The van der Waals surface area contributed by atoms with Crippen LogP contribution in [0.3, 0.4) is 0 Å². The second kappa shape index (κ2) is 5.07. The van der Waals surface area contributed by atoms with Crippen molar-refractivity contribution in [1.29, 1.82) is 0 Å². The fourth-order valence-electron chi connectivity index (χ4n) is 2.09. The predicted octanol–water partition coefficient (Wildman–Crippen LogP) is 0.822. The zero-order chi connectivity index (χ0) is 14.0. The molecule has 104 valence electrons. The molecule has 0 aliphatic carbocycles. The lowest BCUT2D eigenvalue weighted by molar-refractivity contribution is 0.105. The van der Waals surface area contributed by atoms with Gasteiger partial charge in [-0.3, -0.25) is 0 Å². The van der Waals surface area contributed by atoms with Crippen molar-refractivity contribution in [2.75, 3.05) is 23.8 Å². The Balaban J connectivity index is 2.21. The first-order valence-corrected chi connectivity index (χ1v) is 6.19. The molecule has 0 saturated heterocycles. The molecular formula is C13H19N3O3. The summed E-state index contributed by atoms with van der Waals surface area (Å²) in [7, 11) is 0. The number of fused-ring (bicyclic) bond motifs is 1. The number of amides is 2. The van der Waals surface area contributed by atoms with Crippen LogP contribution in [0.2, 0.25) is 0 Å². The lowest BCUT2D eigenvalue weighted by Gasteiger charge is -2.34. The molecule has 6 nitrogen and oxygen atoms in total. The maximum absolute atomic E-state index is 11.5. The Labute approximate surface area is 111 Å². The first kappa shape index (κ1) is 13.6. The van der Waals surface area contributed by atoms with Crippen LogP contribution in [0.15, 0.2) is 18.2 Å². The molecule has 6 heteroatoms. The first-order valence-electron chi connectivity index (χ1n) is 6.19. The molecule has 5 N–H and O–H groups in total. The van der Waals surface area contributed by atoms with Crippen molar-refractivity contribution in [3.63, 3.8) is 0 Å². The van der Waals surface area contributed by atoms with Gasteiger partial charge in [0.25, 0.3) is 0 Å². The molecule has 1 aliphatic heterocycles. The normalized spacial score (nSPS) is 18.0. The molecule has 0 bridgehead atoms. The van der Waals surface area contributed by atoms with Gasteiger partial charge in [0.15, 0.2) is 0 Å². The van der Waals surface area contributed by atoms with E-state index in [0.29, 0.717) is 0 Å². The maximum atomic E-state index is 11.5. The number of carbonyl (C=O) groups excluding carboxylic acids is 1. The van der Waals surface area contributed by atoms with E-state index in [9.17, 15) is 9.90 Å². The number of hydrogen-bond donors (Lipinski definition) is 5. The summed E-state index contributed by atoms with van der Waals surface area (Å²) < 4.78 is 0. The zero-order valence-corrected chi connectivity index (χ0v) is 11.0. The number of aliphatic hydroxyl groups is 2. The van der Waals surface area contributed by atoms with E-state index < -0.39 is 11.6 Å². The Hall–Kier alpha value is -1.79.